The Labute approximate surface area is 170 Å². The zero-order valence-corrected chi connectivity index (χ0v) is 17.1. The lowest BCUT2D eigenvalue weighted by atomic mass is 9.98. The van der Waals surface area contributed by atoms with Crippen LogP contribution in [-0.4, -0.2) is 45.9 Å². The van der Waals surface area contributed by atoms with Gasteiger partial charge in [-0.3, -0.25) is 9.48 Å². The number of ether oxygens (including phenoxy) is 2. The Morgan fingerprint density at radius 1 is 1.31 bits per heavy atom. The second-order valence-corrected chi connectivity index (χ2v) is 7.88. The number of fused-ring (bicyclic) bond motifs is 1. The van der Waals surface area contributed by atoms with E-state index >= 15 is 0 Å². The van der Waals surface area contributed by atoms with Crippen molar-refractivity contribution in [3.63, 3.8) is 0 Å². The number of carbonyl (C=O) groups is 1. The van der Waals surface area contributed by atoms with Crippen LogP contribution < -0.4 is 4.74 Å². The number of carbonyl (C=O) groups excluding carboxylic acids is 1. The lowest BCUT2D eigenvalue weighted by molar-refractivity contribution is -0.00908. The number of hydrogen-bond acceptors (Lipinski definition) is 5. The summed E-state index contributed by atoms with van der Waals surface area (Å²) in [5.74, 6) is 0.698. The molecule has 2 atom stereocenters. The number of rotatable bonds is 3. The van der Waals surface area contributed by atoms with E-state index in [1.54, 1.807) is 16.8 Å². The summed E-state index contributed by atoms with van der Waals surface area (Å²) in [6, 6.07) is 9.32. The molecule has 1 amide bonds. The summed E-state index contributed by atoms with van der Waals surface area (Å²) >= 11 is 0. The molecule has 29 heavy (non-hydrogen) atoms. The van der Waals surface area contributed by atoms with Gasteiger partial charge in [0.2, 0.25) is 0 Å². The lowest BCUT2D eigenvalue weighted by Gasteiger charge is -2.32. The molecule has 1 aromatic carbocycles. The third kappa shape index (κ3) is 3.85. The number of aromatic nitrogens is 2. The Morgan fingerprint density at radius 3 is 2.79 bits per heavy atom. The van der Waals surface area contributed by atoms with Gasteiger partial charge >= 0.3 is 0 Å². The van der Waals surface area contributed by atoms with Crippen LogP contribution in [0.1, 0.15) is 60.1 Å². The molecule has 152 valence electrons. The number of hydrogen-bond donors (Lipinski definition) is 0. The van der Waals surface area contributed by atoms with E-state index in [-0.39, 0.29) is 24.2 Å². The highest BCUT2D eigenvalue weighted by molar-refractivity contribution is 5.94. The first-order valence-electron chi connectivity index (χ1n) is 10.1. The van der Waals surface area contributed by atoms with Crippen molar-refractivity contribution in [2.75, 3.05) is 13.1 Å². The Bertz CT molecular complexity index is 953. The topological polar surface area (TPSA) is 80.4 Å². The molecule has 7 nitrogen and oxygen atoms in total. The Morgan fingerprint density at radius 2 is 2.07 bits per heavy atom. The van der Waals surface area contributed by atoms with Crippen LogP contribution in [0.5, 0.6) is 5.75 Å². The fraction of sp³-hybridized carbons (Fsp3) is 0.500. The van der Waals surface area contributed by atoms with Gasteiger partial charge in [0.15, 0.2) is 5.69 Å². The van der Waals surface area contributed by atoms with Gasteiger partial charge < -0.3 is 14.4 Å². The fourth-order valence-corrected chi connectivity index (χ4v) is 4.37. The zero-order valence-electron chi connectivity index (χ0n) is 17.1. The van der Waals surface area contributed by atoms with Crippen molar-refractivity contribution in [2.24, 2.45) is 7.05 Å². The number of nitrogens with zero attached hydrogens (tertiary/aromatic N) is 4. The molecule has 0 spiro atoms. The molecule has 2 aliphatic heterocycles. The summed E-state index contributed by atoms with van der Waals surface area (Å²) in [5, 5.41) is 13.6. The minimum Gasteiger partial charge on any atom is -0.490 e. The van der Waals surface area contributed by atoms with Crippen molar-refractivity contribution in [3.8, 4) is 11.8 Å². The van der Waals surface area contributed by atoms with Crippen LogP contribution in [0.25, 0.3) is 0 Å². The van der Waals surface area contributed by atoms with Crippen LogP contribution in [0.2, 0.25) is 0 Å². The molecule has 1 aromatic heterocycles. The average Bonchev–Trinajstić information content (AvgIpc) is 3.04. The van der Waals surface area contributed by atoms with Gasteiger partial charge in [-0.25, -0.2) is 0 Å². The second kappa shape index (κ2) is 7.88. The summed E-state index contributed by atoms with van der Waals surface area (Å²) in [7, 11) is 1.88. The first-order valence-corrected chi connectivity index (χ1v) is 10.1. The third-order valence-corrected chi connectivity index (χ3v) is 5.70. The quantitative estimate of drug-likeness (QED) is 0.799. The van der Waals surface area contributed by atoms with Crippen LogP contribution in [0.3, 0.4) is 0 Å². The highest BCUT2D eigenvalue weighted by Crippen LogP contribution is 2.32. The Balaban J connectivity index is 1.42. The van der Waals surface area contributed by atoms with E-state index in [2.05, 4.69) is 11.2 Å². The monoisotopic (exact) mass is 394 g/mol. The molecule has 2 aliphatic rings. The highest BCUT2D eigenvalue weighted by atomic mass is 16.5. The molecule has 0 saturated carbocycles. The normalized spacial score (nSPS) is 22.1. The van der Waals surface area contributed by atoms with Crippen LogP contribution in [-0.2, 0) is 18.2 Å². The van der Waals surface area contributed by atoms with E-state index in [1.165, 1.54) is 0 Å². The van der Waals surface area contributed by atoms with Gasteiger partial charge in [0.05, 0.1) is 29.5 Å². The average molecular weight is 394 g/mol. The number of piperidine rings is 1. The molecule has 1 fully saturated rings. The predicted octanol–water partition coefficient (Wildman–Crippen LogP) is 3.00. The molecule has 7 heteroatoms. The number of aryl methyl sites for hydroxylation is 1. The van der Waals surface area contributed by atoms with Gasteiger partial charge in [-0.05, 0) is 32.0 Å². The fourth-order valence-electron chi connectivity index (χ4n) is 4.37. The first kappa shape index (κ1) is 19.5. The number of nitriles is 1. The Hall–Kier alpha value is -2.85. The predicted molar refractivity (Wildman–Crippen MR) is 107 cm³/mol. The maximum Gasteiger partial charge on any atom is 0.274 e. The van der Waals surface area contributed by atoms with Gasteiger partial charge in [0, 0.05) is 45.0 Å². The Kier molecular flexibility index (Phi) is 5.29. The number of amides is 1. The second-order valence-electron chi connectivity index (χ2n) is 7.88. The van der Waals surface area contributed by atoms with Crippen molar-refractivity contribution in [1.29, 1.82) is 5.26 Å². The van der Waals surface area contributed by atoms with Crippen LogP contribution >= 0.6 is 0 Å². The number of likely N-dealkylation sites (tertiary alicyclic amines) is 1. The minimum atomic E-state index is -0.0592. The zero-order chi connectivity index (χ0) is 20.5. The van der Waals surface area contributed by atoms with E-state index in [0.717, 1.165) is 24.1 Å². The van der Waals surface area contributed by atoms with Crippen molar-refractivity contribution in [1.82, 2.24) is 14.7 Å². The lowest BCUT2D eigenvalue weighted by Crippen LogP contribution is -2.42. The van der Waals surface area contributed by atoms with Gasteiger partial charge in [0.1, 0.15) is 11.9 Å². The van der Waals surface area contributed by atoms with Crippen molar-refractivity contribution < 1.29 is 14.3 Å². The van der Waals surface area contributed by atoms with Crippen LogP contribution in [0, 0.1) is 11.3 Å². The van der Waals surface area contributed by atoms with Crippen LogP contribution in [0.15, 0.2) is 24.3 Å². The minimum absolute atomic E-state index is 0.00641. The van der Waals surface area contributed by atoms with Gasteiger partial charge in [-0.15, -0.1) is 0 Å². The van der Waals surface area contributed by atoms with Crippen molar-refractivity contribution >= 4 is 5.91 Å². The van der Waals surface area contributed by atoms with Crippen LogP contribution in [0.4, 0.5) is 0 Å². The SMILES string of the molecule is C[C@@H]1Cc2c(C(=O)N3CCC(Oc4cccc(C#N)c4)CC3)nn(C)c2[C@H](C)O1. The van der Waals surface area contributed by atoms with E-state index in [9.17, 15) is 4.79 Å². The molecular formula is C22H26N4O3. The molecule has 0 unspecified atom stereocenters. The van der Waals surface area contributed by atoms with Gasteiger partial charge in [-0.1, -0.05) is 6.07 Å². The van der Waals surface area contributed by atoms with E-state index in [1.807, 2.05) is 37.9 Å². The van der Waals surface area contributed by atoms with E-state index in [0.29, 0.717) is 36.5 Å². The molecule has 2 aromatic rings. The van der Waals surface area contributed by atoms with Gasteiger partial charge in [0.25, 0.3) is 5.91 Å². The molecule has 0 bridgehead atoms. The molecule has 3 heterocycles. The van der Waals surface area contributed by atoms with E-state index < -0.39 is 0 Å². The summed E-state index contributed by atoms with van der Waals surface area (Å²) in [4.78, 5) is 15.1. The summed E-state index contributed by atoms with van der Waals surface area (Å²) in [6.45, 7) is 5.31. The number of benzene rings is 1. The molecular weight excluding hydrogens is 368 g/mol. The molecule has 0 radical (unpaired) electrons. The summed E-state index contributed by atoms with van der Waals surface area (Å²) in [6.07, 6.45) is 2.29. The molecule has 4 rings (SSSR count). The van der Waals surface area contributed by atoms with Crippen molar-refractivity contribution in [3.05, 3.63) is 46.8 Å². The molecule has 1 saturated heterocycles. The molecule has 0 aliphatic carbocycles. The largest absolute Gasteiger partial charge is 0.490 e. The van der Waals surface area contributed by atoms with Crippen molar-refractivity contribution in [2.45, 2.75) is 51.4 Å². The maximum absolute atomic E-state index is 13.2. The summed E-state index contributed by atoms with van der Waals surface area (Å²) in [5.41, 5.74) is 3.17. The first-order chi connectivity index (χ1) is 14.0. The highest BCUT2D eigenvalue weighted by Gasteiger charge is 2.34. The molecule has 0 N–H and O–H groups in total. The maximum atomic E-state index is 13.2. The van der Waals surface area contributed by atoms with E-state index in [4.69, 9.17) is 14.7 Å². The van der Waals surface area contributed by atoms with Gasteiger partial charge in [-0.2, -0.15) is 10.4 Å². The smallest absolute Gasteiger partial charge is 0.274 e. The third-order valence-electron chi connectivity index (χ3n) is 5.70. The standard InChI is InChI=1S/C22H26N4O3/c1-14-11-19-20(24-25(3)21(19)15(2)28-14)22(27)26-9-7-17(8-10-26)29-18-6-4-5-16(12-18)13-23/h4-6,12,14-15,17H,7-11H2,1-3H3/t14-,15+/m1/s1. The summed E-state index contributed by atoms with van der Waals surface area (Å²) < 4.78 is 13.7.